The molecule has 144 valence electrons. The topological polar surface area (TPSA) is 95.6 Å². The molecule has 1 unspecified atom stereocenters. The molecule has 1 aromatic heterocycles. The molecular formula is C17H18BrN3O4S2. The van der Waals surface area contributed by atoms with Crippen molar-refractivity contribution in [3.63, 3.8) is 0 Å². The molecule has 0 saturated carbocycles. The van der Waals surface area contributed by atoms with Gasteiger partial charge < -0.3 is 0 Å². The zero-order valence-electron chi connectivity index (χ0n) is 14.2. The Morgan fingerprint density at radius 3 is 2.52 bits per heavy atom. The van der Waals surface area contributed by atoms with Crippen molar-refractivity contribution in [3.05, 3.63) is 51.1 Å². The zero-order valence-corrected chi connectivity index (χ0v) is 17.4. The van der Waals surface area contributed by atoms with Crippen molar-refractivity contribution < 1.29 is 18.0 Å². The summed E-state index contributed by atoms with van der Waals surface area (Å²) in [4.78, 5) is 25.1. The summed E-state index contributed by atoms with van der Waals surface area (Å²) in [5, 5.41) is 0. The minimum Gasteiger partial charge on any atom is -0.273 e. The zero-order chi connectivity index (χ0) is 19.4. The van der Waals surface area contributed by atoms with E-state index in [1.54, 1.807) is 42.5 Å². The number of nitrogens with zero attached hydrogens (tertiary/aromatic N) is 1. The van der Waals surface area contributed by atoms with E-state index in [4.69, 9.17) is 0 Å². The van der Waals surface area contributed by atoms with Crippen LogP contribution in [-0.4, -0.2) is 37.6 Å². The molecule has 0 bridgehead atoms. The highest BCUT2D eigenvalue weighted by Crippen LogP contribution is 2.24. The number of benzene rings is 1. The Balaban J connectivity index is 1.60. The first-order valence-electron chi connectivity index (χ1n) is 8.28. The molecule has 2 heterocycles. The number of hydrogen-bond donors (Lipinski definition) is 2. The average Bonchev–Trinajstić information content (AvgIpc) is 3.13. The van der Waals surface area contributed by atoms with Crippen LogP contribution < -0.4 is 10.9 Å². The number of thiophene rings is 1. The lowest BCUT2D eigenvalue weighted by molar-refractivity contribution is -0.126. The third-order valence-electron chi connectivity index (χ3n) is 4.23. The number of hydrogen-bond acceptors (Lipinski definition) is 5. The van der Waals surface area contributed by atoms with E-state index >= 15 is 0 Å². The molecule has 7 nitrogen and oxygen atoms in total. The fraction of sp³-hybridized carbons (Fsp3) is 0.294. The van der Waals surface area contributed by atoms with E-state index in [-0.39, 0.29) is 11.4 Å². The van der Waals surface area contributed by atoms with Gasteiger partial charge in [-0.3, -0.25) is 20.4 Å². The van der Waals surface area contributed by atoms with Gasteiger partial charge in [-0.05, 0) is 53.0 Å². The molecule has 0 spiro atoms. The van der Waals surface area contributed by atoms with Crippen molar-refractivity contribution >= 4 is 49.1 Å². The molecule has 10 heteroatoms. The number of halogens is 1. The van der Waals surface area contributed by atoms with E-state index < -0.39 is 27.8 Å². The second-order valence-corrected chi connectivity index (χ2v) is 10.5. The van der Waals surface area contributed by atoms with E-state index in [0.717, 1.165) is 3.79 Å². The molecule has 0 aliphatic carbocycles. The average molecular weight is 472 g/mol. The van der Waals surface area contributed by atoms with Crippen molar-refractivity contribution in [2.75, 3.05) is 13.1 Å². The van der Waals surface area contributed by atoms with Crippen LogP contribution in [0.4, 0.5) is 0 Å². The van der Waals surface area contributed by atoms with Crippen molar-refractivity contribution in [2.45, 2.75) is 17.7 Å². The van der Waals surface area contributed by atoms with Gasteiger partial charge in [0, 0.05) is 13.1 Å². The lowest BCUT2D eigenvalue weighted by atomic mass is 9.99. The van der Waals surface area contributed by atoms with Crippen LogP contribution in [0.3, 0.4) is 0 Å². The molecular weight excluding hydrogens is 454 g/mol. The van der Waals surface area contributed by atoms with E-state index in [2.05, 4.69) is 26.8 Å². The molecule has 2 amide bonds. The maximum absolute atomic E-state index is 12.7. The minimum absolute atomic E-state index is 0.0868. The molecule has 1 aromatic carbocycles. The largest absolute Gasteiger partial charge is 0.279 e. The van der Waals surface area contributed by atoms with Gasteiger partial charge in [0.15, 0.2) is 0 Å². The number of amides is 2. The highest BCUT2D eigenvalue weighted by Gasteiger charge is 2.33. The first kappa shape index (κ1) is 20.0. The van der Waals surface area contributed by atoms with Crippen LogP contribution in [0.5, 0.6) is 0 Å². The van der Waals surface area contributed by atoms with Gasteiger partial charge in [0.25, 0.3) is 5.91 Å². The van der Waals surface area contributed by atoms with E-state index in [1.807, 2.05) is 0 Å². The monoisotopic (exact) mass is 471 g/mol. The molecule has 1 atom stereocenters. The molecule has 1 saturated heterocycles. The molecule has 3 rings (SSSR count). The fourth-order valence-electron chi connectivity index (χ4n) is 2.83. The smallest absolute Gasteiger partial charge is 0.273 e. The van der Waals surface area contributed by atoms with Crippen LogP contribution in [0.15, 0.2) is 51.1 Å². The molecule has 2 N–H and O–H groups in total. The standard InChI is InChI=1S/C17H18BrN3O4S2/c18-15-9-8-14(26-15)17(23)20-19-16(22)12-5-4-10-21(11-12)27(24,25)13-6-2-1-3-7-13/h1-3,6-9,12H,4-5,10-11H2,(H,19,22)(H,20,23). The molecule has 27 heavy (non-hydrogen) atoms. The summed E-state index contributed by atoms with van der Waals surface area (Å²) >= 11 is 4.53. The SMILES string of the molecule is O=C(NNC(=O)C1CCCN(S(=O)(=O)c2ccccc2)C1)c1ccc(Br)s1. The van der Waals surface area contributed by atoms with Crippen molar-refractivity contribution in [1.29, 1.82) is 0 Å². The maximum Gasteiger partial charge on any atom is 0.279 e. The summed E-state index contributed by atoms with van der Waals surface area (Å²) in [6.07, 6.45) is 1.14. The Labute approximate surface area is 169 Å². The molecule has 2 aromatic rings. The van der Waals surface area contributed by atoms with Crippen LogP contribution in [0, 0.1) is 5.92 Å². The van der Waals surface area contributed by atoms with Gasteiger partial charge in [0.05, 0.1) is 19.5 Å². The van der Waals surface area contributed by atoms with E-state index in [9.17, 15) is 18.0 Å². The highest BCUT2D eigenvalue weighted by atomic mass is 79.9. The van der Waals surface area contributed by atoms with Crippen LogP contribution in [0.25, 0.3) is 0 Å². The van der Waals surface area contributed by atoms with Gasteiger partial charge in [-0.15, -0.1) is 11.3 Å². The summed E-state index contributed by atoms with van der Waals surface area (Å²) in [5.41, 5.74) is 4.78. The van der Waals surface area contributed by atoms with Gasteiger partial charge in [-0.1, -0.05) is 18.2 Å². The second kappa shape index (κ2) is 8.51. The lowest BCUT2D eigenvalue weighted by Crippen LogP contribution is -2.49. The van der Waals surface area contributed by atoms with E-state index in [1.165, 1.54) is 15.6 Å². The molecule has 1 fully saturated rings. The molecule has 0 radical (unpaired) electrons. The Bertz CT molecular complexity index is 931. The van der Waals surface area contributed by atoms with Gasteiger partial charge in [-0.2, -0.15) is 4.31 Å². The number of nitrogens with one attached hydrogen (secondary N) is 2. The normalized spacial score (nSPS) is 18.0. The number of carbonyl (C=O) groups excluding carboxylic acids is 2. The Morgan fingerprint density at radius 2 is 1.85 bits per heavy atom. The number of sulfonamides is 1. The molecule has 1 aliphatic rings. The maximum atomic E-state index is 12.7. The number of piperidine rings is 1. The van der Waals surface area contributed by atoms with Crippen molar-refractivity contribution in [1.82, 2.24) is 15.2 Å². The Hall–Kier alpha value is -1.75. The van der Waals surface area contributed by atoms with Gasteiger partial charge in [0.1, 0.15) is 0 Å². The quantitative estimate of drug-likeness (QED) is 0.668. The summed E-state index contributed by atoms with van der Waals surface area (Å²) in [5.74, 6) is -1.33. The number of carbonyl (C=O) groups is 2. The highest BCUT2D eigenvalue weighted by molar-refractivity contribution is 9.11. The van der Waals surface area contributed by atoms with Gasteiger partial charge in [-0.25, -0.2) is 8.42 Å². The summed E-state index contributed by atoms with van der Waals surface area (Å²) < 4.78 is 27.6. The lowest BCUT2D eigenvalue weighted by Gasteiger charge is -2.31. The van der Waals surface area contributed by atoms with Crippen molar-refractivity contribution in [2.24, 2.45) is 5.92 Å². The van der Waals surface area contributed by atoms with Gasteiger partial charge in [0.2, 0.25) is 15.9 Å². The van der Waals surface area contributed by atoms with Crippen LogP contribution >= 0.6 is 27.3 Å². The minimum atomic E-state index is -3.64. The number of rotatable bonds is 4. The van der Waals surface area contributed by atoms with Gasteiger partial charge >= 0.3 is 0 Å². The predicted molar refractivity (Wildman–Crippen MR) is 106 cm³/mol. The Morgan fingerprint density at radius 1 is 1.11 bits per heavy atom. The number of hydrazine groups is 1. The third kappa shape index (κ3) is 4.75. The first-order valence-corrected chi connectivity index (χ1v) is 11.3. The van der Waals surface area contributed by atoms with Crippen LogP contribution in [0.2, 0.25) is 0 Å². The summed E-state index contributed by atoms with van der Waals surface area (Å²) in [7, 11) is -3.64. The third-order valence-corrected chi connectivity index (χ3v) is 7.73. The molecule has 1 aliphatic heterocycles. The predicted octanol–water partition coefficient (Wildman–Crippen LogP) is 2.37. The fourth-order valence-corrected chi connectivity index (χ4v) is 5.66. The second-order valence-electron chi connectivity index (χ2n) is 6.06. The summed E-state index contributed by atoms with van der Waals surface area (Å²) in [6, 6.07) is 11.6. The Kier molecular flexibility index (Phi) is 6.30. The van der Waals surface area contributed by atoms with E-state index in [0.29, 0.717) is 24.3 Å². The first-order chi connectivity index (χ1) is 12.9. The summed E-state index contributed by atoms with van der Waals surface area (Å²) in [6.45, 7) is 0.458. The van der Waals surface area contributed by atoms with Crippen LogP contribution in [0.1, 0.15) is 22.5 Å². The van der Waals surface area contributed by atoms with Crippen molar-refractivity contribution in [3.8, 4) is 0 Å². The van der Waals surface area contributed by atoms with Crippen LogP contribution in [-0.2, 0) is 14.8 Å².